The van der Waals surface area contributed by atoms with Crippen LogP contribution in [-0.2, 0) is 19.7 Å². The number of ether oxygens (including phenoxy) is 1. The molecule has 2 aliphatic rings. The van der Waals surface area contributed by atoms with Crippen molar-refractivity contribution >= 4 is 23.2 Å². The van der Waals surface area contributed by atoms with Crippen LogP contribution in [-0.4, -0.2) is 25.0 Å². The normalized spacial score (nSPS) is 18.5. The maximum absolute atomic E-state index is 13.3. The summed E-state index contributed by atoms with van der Waals surface area (Å²) in [5.41, 5.74) is 1.83. The Kier molecular flexibility index (Phi) is 4.94. The largest absolute Gasteiger partial charge is 0.381 e. The van der Waals surface area contributed by atoms with Gasteiger partial charge in [-0.1, -0.05) is 36.4 Å². The van der Waals surface area contributed by atoms with E-state index in [1.54, 1.807) is 0 Å². The Balaban J connectivity index is 1.53. The van der Waals surface area contributed by atoms with E-state index in [1.165, 1.54) is 0 Å². The number of hydrogen-bond acceptors (Lipinski definition) is 3. The molecule has 1 aliphatic heterocycles. The van der Waals surface area contributed by atoms with Gasteiger partial charge in [0.1, 0.15) is 0 Å². The van der Waals surface area contributed by atoms with Crippen molar-refractivity contribution in [2.45, 2.75) is 31.1 Å². The van der Waals surface area contributed by atoms with Gasteiger partial charge >= 0.3 is 0 Å². The zero-order valence-electron chi connectivity index (χ0n) is 15.2. The fraction of sp³-hybridized carbons (Fsp3) is 0.364. The lowest BCUT2D eigenvalue weighted by Gasteiger charge is -2.36. The molecule has 2 amide bonds. The van der Waals surface area contributed by atoms with E-state index >= 15 is 0 Å². The summed E-state index contributed by atoms with van der Waals surface area (Å²) in [5, 5.41) is 5.99. The monoisotopic (exact) mass is 364 g/mol. The highest BCUT2D eigenvalue weighted by Crippen LogP contribution is 2.36. The van der Waals surface area contributed by atoms with E-state index in [4.69, 9.17) is 4.74 Å². The quantitative estimate of drug-likeness (QED) is 0.850. The molecule has 0 bridgehead atoms. The van der Waals surface area contributed by atoms with E-state index in [-0.39, 0.29) is 17.7 Å². The summed E-state index contributed by atoms with van der Waals surface area (Å²) in [6, 6.07) is 17.3. The highest BCUT2D eigenvalue weighted by molar-refractivity contribution is 6.00. The topological polar surface area (TPSA) is 67.4 Å². The van der Waals surface area contributed by atoms with Gasteiger partial charge in [-0.2, -0.15) is 0 Å². The molecule has 2 fully saturated rings. The van der Waals surface area contributed by atoms with Gasteiger partial charge in [-0.15, -0.1) is 0 Å². The molecule has 1 saturated carbocycles. The molecule has 0 unspecified atom stereocenters. The molecule has 1 aliphatic carbocycles. The fourth-order valence-corrected chi connectivity index (χ4v) is 3.64. The Morgan fingerprint density at radius 3 is 2.22 bits per heavy atom. The van der Waals surface area contributed by atoms with Gasteiger partial charge in [0.05, 0.1) is 5.41 Å². The van der Waals surface area contributed by atoms with Gasteiger partial charge in [0.2, 0.25) is 11.8 Å². The average molecular weight is 364 g/mol. The molecule has 0 spiro atoms. The molecule has 0 radical (unpaired) electrons. The van der Waals surface area contributed by atoms with Gasteiger partial charge < -0.3 is 15.4 Å². The molecule has 5 nitrogen and oxygen atoms in total. The molecule has 1 saturated heterocycles. The molecular weight excluding hydrogens is 340 g/mol. The Labute approximate surface area is 159 Å². The van der Waals surface area contributed by atoms with Gasteiger partial charge in [0.25, 0.3) is 0 Å². The smallest absolute Gasteiger partial charge is 0.235 e. The van der Waals surface area contributed by atoms with E-state index in [9.17, 15) is 9.59 Å². The van der Waals surface area contributed by atoms with Crippen molar-refractivity contribution in [1.29, 1.82) is 0 Å². The maximum Gasteiger partial charge on any atom is 0.235 e. The Hall–Kier alpha value is -2.66. The van der Waals surface area contributed by atoms with Crippen LogP contribution in [0.4, 0.5) is 11.4 Å². The number of carbonyl (C=O) groups is 2. The predicted molar refractivity (Wildman–Crippen MR) is 105 cm³/mol. The van der Waals surface area contributed by atoms with Crippen LogP contribution >= 0.6 is 0 Å². The van der Waals surface area contributed by atoms with Crippen molar-refractivity contribution in [2.75, 3.05) is 23.8 Å². The number of rotatable bonds is 5. The number of amides is 2. The van der Waals surface area contributed by atoms with E-state index in [1.807, 2.05) is 54.6 Å². The lowest BCUT2D eigenvalue weighted by molar-refractivity contribution is -0.125. The van der Waals surface area contributed by atoms with Crippen LogP contribution in [0.1, 0.15) is 31.2 Å². The van der Waals surface area contributed by atoms with Crippen LogP contribution in [0.5, 0.6) is 0 Å². The standard InChI is InChI=1S/C22H24N2O3/c25-20(16-9-10-16)23-18-7-4-8-19(15-18)24-21(26)22(11-13-27-14-12-22)17-5-2-1-3-6-17/h1-8,15-16H,9-14H2,(H,23,25)(H,24,26). The third-order valence-electron chi connectivity index (χ3n) is 5.44. The van der Waals surface area contributed by atoms with Crippen molar-refractivity contribution in [1.82, 2.24) is 0 Å². The SMILES string of the molecule is O=C(Nc1cccc(NC(=O)C2(c3ccccc3)CCOCC2)c1)C1CC1. The molecule has 2 aromatic carbocycles. The van der Waals surface area contributed by atoms with E-state index < -0.39 is 5.41 Å². The number of nitrogens with one attached hydrogen (secondary N) is 2. The second-order valence-corrected chi connectivity index (χ2v) is 7.36. The average Bonchev–Trinajstić information content (AvgIpc) is 3.55. The number of benzene rings is 2. The van der Waals surface area contributed by atoms with E-state index in [2.05, 4.69) is 10.6 Å². The molecule has 1 heterocycles. The van der Waals surface area contributed by atoms with Crippen LogP contribution in [0.25, 0.3) is 0 Å². The van der Waals surface area contributed by atoms with Crippen molar-refractivity contribution < 1.29 is 14.3 Å². The highest BCUT2D eigenvalue weighted by atomic mass is 16.5. The first kappa shape index (κ1) is 17.7. The molecule has 140 valence electrons. The number of anilines is 2. The van der Waals surface area contributed by atoms with Gasteiger partial charge in [0, 0.05) is 30.5 Å². The summed E-state index contributed by atoms with van der Waals surface area (Å²) in [7, 11) is 0. The predicted octanol–water partition coefficient (Wildman–Crippen LogP) is 3.72. The van der Waals surface area contributed by atoms with Crippen molar-refractivity contribution in [3.63, 3.8) is 0 Å². The first-order valence-electron chi connectivity index (χ1n) is 9.53. The fourth-order valence-electron chi connectivity index (χ4n) is 3.64. The summed E-state index contributed by atoms with van der Waals surface area (Å²) in [4.78, 5) is 25.3. The Bertz CT molecular complexity index is 824. The lowest BCUT2D eigenvalue weighted by atomic mass is 9.73. The summed E-state index contributed by atoms with van der Waals surface area (Å²) in [5.74, 6) is 0.179. The number of carbonyl (C=O) groups excluding carboxylic acids is 2. The Morgan fingerprint density at radius 1 is 0.889 bits per heavy atom. The number of hydrogen-bond donors (Lipinski definition) is 2. The minimum absolute atomic E-state index is 0.0253. The molecule has 2 aromatic rings. The highest BCUT2D eigenvalue weighted by Gasteiger charge is 2.41. The van der Waals surface area contributed by atoms with Gasteiger partial charge in [-0.05, 0) is 49.4 Å². The lowest BCUT2D eigenvalue weighted by Crippen LogP contribution is -2.44. The summed E-state index contributed by atoms with van der Waals surface area (Å²) < 4.78 is 5.51. The molecule has 0 aromatic heterocycles. The van der Waals surface area contributed by atoms with Crippen LogP contribution in [0.2, 0.25) is 0 Å². The van der Waals surface area contributed by atoms with Crippen LogP contribution in [0, 0.1) is 5.92 Å². The molecule has 4 rings (SSSR count). The van der Waals surface area contributed by atoms with Crippen LogP contribution in [0.3, 0.4) is 0 Å². The molecule has 27 heavy (non-hydrogen) atoms. The minimum Gasteiger partial charge on any atom is -0.381 e. The molecular formula is C22H24N2O3. The van der Waals surface area contributed by atoms with E-state index in [0.29, 0.717) is 37.4 Å². The van der Waals surface area contributed by atoms with Crippen LogP contribution in [0.15, 0.2) is 54.6 Å². The van der Waals surface area contributed by atoms with Crippen molar-refractivity contribution in [3.8, 4) is 0 Å². The van der Waals surface area contributed by atoms with Crippen molar-refractivity contribution in [2.24, 2.45) is 5.92 Å². The summed E-state index contributed by atoms with van der Waals surface area (Å²) >= 11 is 0. The molecule has 0 atom stereocenters. The third-order valence-corrected chi connectivity index (χ3v) is 5.44. The minimum atomic E-state index is -0.591. The summed E-state index contributed by atoms with van der Waals surface area (Å²) in [6.45, 7) is 1.14. The van der Waals surface area contributed by atoms with E-state index in [0.717, 1.165) is 18.4 Å². The third kappa shape index (κ3) is 3.88. The van der Waals surface area contributed by atoms with Gasteiger partial charge in [-0.25, -0.2) is 0 Å². The zero-order valence-corrected chi connectivity index (χ0v) is 15.2. The Morgan fingerprint density at radius 2 is 1.56 bits per heavy atom. The summed E-state index contributed by atoms with van der Waals surface area (Å²) in [6.07, 6.45) is 3.23. The second kappa shape index (κ2) is 7.53. The molecule has 2 N–H and O–H groups in total. The zero-order chi connectivity index (χ0) is 18.7. The second-order valence-electron chi connectivity index (χ2n) is 7.36. The maximum atomic E-state index is 13.3. The van der Waals surface area contributed by atoms with Crippen LogP contribution < -0.4 is 10.6 Å². The van der Waals surface area contributed by atoms with Crippen molar-refractivity contribution in [3.05, 3.63) is 60.2 Å². The van der Waals surface area contributed by atoms with Gasteiger partial charge in [-0.3, -0.25) is 9.59 Å². The van der Waals surface area contributed by atoms with Gasteiger partial charge in [0.15, 0.2) is 0 Å². The molecule has 5 heteroatoms. The first-order valence-corrected chi connectivity index (χ1v) is 9.53. The first-order chi connectivity index (χ1) is 13.2.